The minimum absolute atomic E-state index is 0.0160. The maximum atomic E-state index is 12.4. The molecule has 1 atom stereocenters. The molecule has 2 heterocycles. The van der Waals surface area contributed by atoms with Crippen LogP contribution in [0.1, 0.15) is 16.8 Å². The van der Waals surface area contributed by atoms with E-state index in [1.165, 1.54) is 0 Å². The molecule has 2 aliphatic rings. The second-order valence-electron chi connectivity index (χ2n) is 5.99. The Bertz CT molecular complexity index is 613. The molecule has 2 fully saturated rings. The molecular formula is C16H20N4O3. The van der Waals surface area contributed by atoms with Crippen molar-refractivity contribution in [3.8, 4) is 0 Å². The van der Waals surface area contributed by atoms with E-state index in [-0.39, 0.29) is 24.1 Å². The van der Waals surface area contributed by atoms with E-state index < -0.39 is 6.04 Å². The highest BCUT2D eigenvalue weighted by Gasteiger charge is 2.31. The van der Waals surface area contributed by atoms with Crippen LogP contribution in [0.25, 0.3) is 0 Å². The number of benzene rings is 1. The van der Waals surface area contributed by atoms with Gasteiger partial charge in [-0.3, -0.25) is 14.4 Å². The van der Waals surface area contributed by atoms with E-state index in [0.717, 1.165) is 26.2 Å². The first-order valence-electron chi connectivity index (χ1n) is 7.71. The largest absolute Gasteiger partial charge is 0.344 e. The van der Waals surface area contributed by atoms with E-state index in [2.05, 4.69) is 15.5 Å². The summed E-state index contributed by atoms with van der Waals surface area (Å²) in [5, 5.41) is 5.25. The predicted octanol–water partition coefficient (Wildman–Crippen LogP) is -0.0988. The third kappa shape index (κ3) is 3.50. The number of carbonyl (C=O) groups excluding carboxylic acids is 3. The zero-order chi connectivity index (χ0) is 16.4. The van der Waals surface area contributed by atoms with Crippen molar-refractivity contribution in [1.82, 2.24) is 15.1 Å². The van der Waals surface area contributed by atoms with Gasteiger partial charge in [0.1, 0.15) is 6.04 Å². The van der Waals surface area contributed by atoms with E-state index in [1.54, 1.807) is 24.3 Å². The number of nitrogens with zero attached hydrogens (tertiary/aromatic N) is 2. The first-order chi connectivity index (χ1) is 11.0. The zero-order valence-electron chi connectivity index (χ0n) is 13.0. The van der Waals surface area contributed by atoms with Crippen molar-refractivity contribution in [2.75, 3.05) is 38.5 Å². The van der Waals surface area contributed by atoms with Gasteiger partial charge in [-0.15, -0.1) is 0 Å². The molecule has 1 unspecified atom stereocenters. The van der Waals surface area contributed by atoms with E-state index in [0.29, 0.717) is 11.3 Å². The highest BCUT2D eigenvalue weighted by atomic mass is 16.2. The summed E-state index contributed by atoms with van der Waals surface area (Å²) < 4.78 is 0. The fourth-order valence-corrected chi connectivity index (χ4v) is 2.63. The van der Waals surface area contributed by atoms with Gasteiger partial charge in [-0.25, -0.2) is 0 Å². The molecule has 2 aliphatic heterocycles. The van der Waals surface area contributed by atoms with Crippen LogP contribution in [0.4, 0.5) is 5.69 Å². The highest BCUT2D eigenvalue weighted by molar-refractivity contribution is 6.03. The number of hydrogen-bond donors (Lipinski definition) is 2. The van der Waals surface area contributed by atoms with Crippen molar-refractivity contribution in [2.24, 2.45) is 0 Å². The minimum atomic E-state index is -0.450. The molecule has 2 N–H and O–H groups in total. The Morgan fingerprint density at radius 2 is 1.74 bits per heavy atom. The Balaban J connectivity index is 1.57. The van der Waals surface area contributed by atoms with E-state index in [9.17, 15) is 14.4 Å². The number of rotatable bonds is 3. The fourth-order valence-electron chi connectivity index (χ4n) is 2.63. The number of likely N-dealkylation sites (N-methyl/N-ethyl adjacent to an activating group) is 1. The fraction of sp³-hybridized carbons (Fsp3) is 0.438. The Morgan fingerprint density at radius 3 is 2.30 bits per heavy atom. The normalized spacial score (nSPS) is 21.3. The van der Waals surface area contributed by atoms with Crippen LogP contribution in [-0.4, -0.2) is 66.8 Å². The van der Waals surface area contributed by atoms with Gasteiger partial charge < -0.3 is 20.4 Å². The lowest BCUT2D eigenvalue weighted by molar-refractivity contribution is -0.134. The molecule has 7 nitrogen and oxygen atoms in total. The quantitative estimate of drug-likeness (QED) is 0.763. The summed E-state index contributed by atoms with van der Waals surface area (Å²) in [5.41, 5.74) is 1.23. The van der Waals surface area contributed by atoms with Crippen LogP contribution in [0.3, 0.4) is 0 Å². The van der Waals surface area contributed by atoms with E-state index in [1.807, 2.05) is 11.9 Å². The number of anilines is 1. The lowest BCUT2D eigenvalue weighted by atomic mass is 10.1. The van der Waals surface area contributed by atoms with Gasteiger partial charge in [0.05, 0.1) is 6.42 Å². The molecule has 0 aromatic heterocycles. The summed E-state index contributed by atoms with van der Waals surface area (Å²) in [6.45, 7) is 3.23. The number of amides is 3. The Labute approximate surface area is 134 Å². The van der Waals surface area contributed by atoms with Crippen molar-refractivity contribution in [2.45, 2.75) is 12.5 Å². The SMILES string of the molecule is CN1CCN(C(=O)c2ccc(NC(=O)C3CC(=O)N3)cc2)CC1. The number of hydrogen-bond acceptors (Lipinski definition) is 4. The van der Waals surface area contributed by atoms with Gasteiger partial charge in [-0.05, 0) is 31.3 Å². The number of nitrogens with one attached hydrogen (secondary N) is 2. The van der Waals surface area contributed by atoms with Crippen LogP contribution in [0.2, 0.25) is 0 Å². The van der Waals surface area contributed by atoms with Crippen molar-refractivity contribution in [3.05, 3.63) is 29.8 Å². The molecule has 0 aliphatic carbocycles. The summed E-state index contributed by atoms with van der Waals surface area (Å²) in [5.74, 6) is -0.330. The maximum Gasteiger partial charge on any atom is 0.253 e. The van der Waals surface area contributed by atoms with Crippen LogP contribution in [0, 0.1) is 0 Å². The standard InChI is InChI=1S/C16H20N4O3/c1-19-6-8-20(9-7-19)16(23)11-2-4-12(5-3-11)17-15(22)13-10-14(21)18-13/h2-5,13H,6-10H2,1H3,(H,17,22)(H,18,21). The molecule has 1 aromatic rings. The van der Waals surface area contributed by atoms with Gasteiger partial charge in [0, 0.05) is 37.4 Å². The molecule has 3 amide bonds. The third-order valence-electron chi connectivity index (χ3n) is 4.23. The van der Waals surface area contributed by atoms with Gasteiger partial charge in [0.2, 0.25) is 11.8 Å². The van der Waals surface area contributed by atoms with Crippen LogP contribution in [0.15, 0.2) is 24.3 Å². The Kier molecular flexibility index (Phi) is 4.29. The molecule has 0 bridgehead atoms. The van der Waals surface area contributed by atoms with E-state index in [4.69, 9.17) is 0 Å². The Morgan fingerprint density at radius 1 is 1.13 bits per heavy atom. The second-order valence-corrected chi connectivity index (χ2v) is 5.99. The second kappa shape index (κ2) is 6.37. The minimum Gasteiger partial charge on any atom is -0.344 e. The third-order valence-corrected chi connectivity index (χ3v) is 4.23. The molecule has 3 rings (SSSR count). The summed E-state index contributed by atoms with van der Waals surface area (Å²) in [6.07, 6.45) is 0.228. The lowest BCUT2D eigenvalue weighted by Gasteiger charge is -2.32. The molecule has 122 valence electrons. The summed E-state index contributed by atoms with van der Waals surface area (Å²) >= 11 is 0. The van der Waals surface area contributed by atoms with Crippen molar-refractivity contribution >= 4 is 23.4 Å². The highest BCUT2D eigenvalue weighted by Crippen LogP contribution is 2.14. The summed E-state index contributed by atoms with van der Waals surface area (Å²) in [7, 11) is 2.05. The maximum absolute atomic E-state index is 12.4. The summed E-state index contributed by atoms with van der Waals surface area (Å²) in [6, 6.07) is 6.41. The molecular weight excluding hydrogens is 296 g/mol. The topological polar surface area (TPSA) is 81.8 Å². The average molecular weight is 316 g/mol. The molecule has 0 spiro atoms. The monoisotopic (exact) mass is 316 g/mol. The van der Waals surface area contributed by atoms with Gasteiger partial charge >= 0.3 is 0 Å². The van der Waals surface area contributed by atoms with Crippen molar-refractivity contribution in [3.63, 3.8) is 0 Å². The van der Waals surface area contributed by atoms with Gasteiger partial charge in [-0.1, -0.05) is 0 Å². The lowest BCUT2D eigenvalue weighted by Crippen LogP contribution is -2.55. The molecule has 0 saturated carbocycles. The number of piperazine rings is 1. The average Bonchev–Trinajstić information content (AvgIpc) is 2.52. The smallest absolute Gasteiger partial charge is 0.253 e. The molecule has 2 saturated heterocycles. The van der Waals surface area contributed by atoms with Crippen molar-refractivity contribution in [1.29, 1.82) is 0 Å². The molecule has 7 heteroatoms. The first-order valence-corrected chi connectivity index (χ1v) is 7.71. The molecule has 1 aromatic carbocycles. The van der Waals surface area contributed by atoms with Crippen LogP contribution in [0.5, 0.6) is 0 Å². The summed E-state index contributed by atoms with van der Waals surface area (Å²) in [4.78, 5) is 39.1. The number of carbonyl (C=O) groups is 3. The van der Waals surface area contributed by atoms with E-state index >= 15 is 0 Å². The van der Waals surface area contributed by atoms with Crippen LogP contribution in [-0.2, 0) is 9.59 Å². The van der Waals surface area contributed by atoms with Crippen LogP contribution >= 0.6 is 0 Å². The molecule has 23 heavy (non-hydrogen) atoms. The van der Waals surface area contributed by atoms with Crippen molar-refractivity contribution < 1.29 is 14.4 Å². The zero-order valence-corrected chi connectivity index (χ0v) is 13.0. The number of β-lactam (4-membered cyclic amide) rings is 1. The van der Waals surface area contributed by atoms with Gasteiger partial charge in [-0.2, -0.15) is 0 Å². The van der Waals surface area contributed by atoms with Gasteiger partial charge in [0.25, 0.3) is 5.91 Å². The van der Waals surface area contributed by atoms with Crippen LogP contribution < -0.4 is 10.6 Å². The Hall–Kier alpha value is -2.41. The predicted molar refractivity (Wildman–Crippen MR) is 85.0 cm³/mol. The first kappa shape index (κ1) is 15.5. The van der Waals surface area contributed by atoms with Gasteiger partial charge in [0.15, 0.2) is 0 Å². The molecule has 0 radical (unpaired) electrons.